The number of aliphatic hydroxyl groups is 1. The lowest BCUT2D eigenvalue weighted by Gasteiger charge is -2.39. The summed E-state index contributed by atoms with van der Waals surface area (Å²) in [5, 5.41) is 11.4. The molecule has 2 atom stereocenters. The van der Waals surface area contributed by atoms with Crippen LogP contribution in [0.2, 0.25) is 0 Å². The van der Waals surface area contributed by atoms with E-state index in [2.05, 4.69) is 13.8 Å². The van der Waals surface area contributed by atoms with Crippen molar-refractivity contribution in [1.29, 1.82) is 0 Å². The second kappa shape index (κ2) is 7.54. The quantitative estimate of drug-likeness (QED) is 0.501. The largest absolute Gasteiger partial charge is 0.416 e. The van der Waals surface area contributed by atoms with Crippen LogP contribution in [0.25, 0.3) is 0 Å². The average molecular weight is 472 g/mol. The highest BCUT2D eigenvalue weighted by Crippen LogP contribution is 2.60. The third kappa shape index (κ3) is 3.43. The van der Waals surface area contributed by atoms with Crippen molar-refractivity contribution in [2.45, 2.75) is 102 Å². The van der Waals surface area contributed by atoms with Gasteiger partial charge in [0.2, 0.25) is 0 Å². The van der Waals surface area contributed by atoms with Crippen LogP contribution >= 0.6 is 0 Å². The molecule has 2 fully saturated rings. The Bertz CT molecular complexity index is 1110. The minimum atomic E-state index is -4.37. The van der Waals surface area contributed by atoms with E-state index in [1.807, 2.05) is 0 Å². The van der Waals surface area contributed by atoms with Crippen molar-refractivity contribution in [3.05, 3.63) is 63.5 Å². The van der Waals surface area contributed by atoms with E-state index in [0.29, 0.717) is 12.3 Å². The van der Waals surface area contributed by atoms with E-state index < -0.39 is 29.5 Å². The summed E-state index contributed by atoms with van der Waals surface area (Å²) in [5.74, 6) is 0.360. The van der Waals surface area contributed by atoms with Gasteiger partial charge in [-0.3, -0.25) is 4.98 Å². The maximum absolute atomic E-state index is 13.2. The van der Waals surface area contributed by atoms with Gasteiger partial charge in [0, 0.05) is 22.7 Å². The Morgan fingerprint density at radius 1 is 1.00 bits per heavy atom. The Labute approximate surface area is 198 Å². The van der Waals surface area contributed by atoms with Gasteiger partial charge >= 0.3 is 6.18 Å². The number of hydrogen-bond donors (Lipinski definition) is 1. The van der Waals surface area contributed by atoms with Gasteiger partial charge in [-0.15, -0.1) is 0 Å². The molecule has 6 rings (SSSR count). The summed E-state index contributed by atoms with van der Waals surface area (Å²) in [6, 6.07) is 5.44. The first kappa shape index (κ1) is 22.5. The zero-order valence-corrected chi connectivity index (χ0v) is 19.8. The Balaban J connectivity index is 1.56. The van der Waals surface area contributed by atoms with E-state index >= 15 is 0 Å². The normalized spacial score (nSPS) is 27.5. The van der Waals surface area contributed by atoms with Gasteiger partial charge in [0.05, 0.1) is 23.0 Å². The minimum absolute atomic E-state index is 0.0281. The van der Waals surface area contributed by atoms with Gasteiger partial charge in [-0.25, -0.2) is 0 Å². The molecular formula is C28H32F3NO2. The molecule has 0 radical (unpaired) electrons. The molecule has 4 aliphatic rings. The molecule has 1 aromatic heterocycles. The Morgan fingerprint density at radius 2 is 1.68 bits per heavy atom. The van der Waals surface area contributed by atoms with Crippen LogP contribution in [0.5, 0.6) is 0 Å². The second-order valence-electron chi connectivity index (χ2n) is 11.7. The van der Waals surface area contributed by atoms with Crippen LogP contribution in [0.4, 0.5) is 13.2 Å². The molecule has 1 spiro atoms. The molecule has 2 saturated carbocycles. The summed E-state index contributed by atoms with van der Waals surface area (Å²) < 4.78 is 46.6. The zero-order chi connectivity index (χ0) is 23.9. The Kier molecular flexibility index (Phi) is 5.00. The first-order valence-electron chi connectivity index (χ1n) is 12.7. The zero-order valence-electron chi connectivity index (χ0n) is 19.8. The van der Waals surface area contributed by atoms with E-state index in [-0.39, 0.29) is 5.41 Å². The van der Waals surface area contributed by atoms with Crippen molar-refractivity contribution < 1.29 is 23.0 Å². The fourth-order valence-electron chi connectivity index (χ4n) is 6.82. The van der Waals surface area contributed by atoms with Gasteiger partial charge in [0.1, 0.15) is 6.10 Å². The molecule has 6 heteroatoms. The van der Waals surface area contributed by atoms with Gasteiger partial charge in [-0.1, -0.05) is 45.2 Å². The standard InChI is InChI=1S/C28H32F3NO2/c1-26(2)14-19-21(20(33)15-26)23-22(24(32-19)16-6-5-7-16)25(34-27(23)12-3-4-13-27)17-8-10-18(11-9-17)28(29,30)31/h8-11,16,20,25,33H,3-7,12-15H2,1-2H3. The fraction of sp³-hybridized carbons (Fsp3) is 0.607. The first-order chi connectivity index (χ1) is 16.1. The molecule has 1 aliphatic heterocycles. The summed E-state index contributed by atoms with van der Waals surface area (Å²) in [7, 11) is 0. The van der Waals surface area contributed by atoms with E-state index in [0.717, 1.165) is 90.7 Å². The maximum atomic E-state index is 13.2. The predicted octanol–water partition coefficient (Wildman–Crippen LogP) is 7.26. The van der Waals surface area contributed by atoms with Crippen LogP contribution < -0.4 is 0 Å². The molecule has 1 N–H and O–H groups in total. The number of rotatable bonds is 2. The third-order valence-electron chi connectivity index (χ3n) is 8.61. The van der Waals surface area contributed by atoms with E-state index in [4.69, 9.17) is 9.72 Å². The molecule has 0 saturated heterocycles. The molecule has 3 aliphatic carbocycles. The lowest BCUT2D eigenvalue weighted by Crippen LogP contribution is -2.32. The Hall–Kier alpha value is -1.92. The highest BCUT2D eigenvalue weighted by Gasteiger charge is 2.53. The average Bonchev–Trinajstić information content (AvgIpc) is 3.31. The smallest absolute Gasteiger partial charge is 0.388 e. The van der Waals surface area contributed by atoms with Crippen molar-refractivity contribution in [2.24, 2.45) is 5.41 Å². The highest BCUT2D eigenvalue weighted by atomic mass is 19.4. The molecule has 2 aromatic rings. The topological polar surface area (TPSA) is 42.4 Å². The number of alkyl halides is 3. The summed E-state index contributed by atoms with van der Waals surface area (Å²) in [6.07, 6.45) is 3.31. The number of fused-ring (bicyclic) bond motifs is 4. The molecule has 3 nitrogen and oxygen atoms in total. The van der Waals surface area contributed by atoms with E-state index in [9.17, 15) is 18.3 Å². The van der Waals surface area contributed by atoms with Crippen LogP contribution in [0.15, 0.2) is 24.3 Å². The van der Waals surface area contributed by atoms with Crippen molar-refractivity contribution in [1.82, 2.24) is 4.98 Å². The van der Waals surface area contributed by atoms with Gasteiger partial charge in [0.15, 0.2) is 0 Å². The second-order valence-corrected chi connectivity index (χ2v) is 11.7. The lowest BCUT2D eigenvalue weighted by atomic mass is 9.69. The summed E-state index contributed by atoms with van der Waals surface area (Å²) in [6.45, 7) is 4.37. The fourth-order valence-corrected chi connectivity index (χ4v) is 6.82. The van der Waals surface area contributed by atoms with Gasteiger partial charge in [-0.05, 0) is 67.2 Å². The lowest BCUT2D eigenvalue weighted by molar-refractivity contribution is -0.137. The summed E-state index contributed by atoms with van der Waals surface area (Å²) in [4.78, 5) is 5.22. The van der Waals surface area contributed by atoms with Gasteiger partial charge in [-0.2, -0.15) is 13.2 Å². The van der Waals surface area contributed by atoms with Crippen molar-refractivity contribution >= 4 is 0 Å². The van der Waals surface area contributed by atoms with Crippen LogP contribution in [-0.4, -0.2) is 10.1 Å². The number of aromatic nitrogens is 1. The van der Waals surface area contributed by atoms with Crippen LogP contribution in [0.3, 0.4) is 0 Å². The minimum Gasteiger partial charge on any atom is -0.388 e. The Morgan fingerprint density at radius 3 is 2.26 bits per heavy atom. The van der Waals surface area contributed by atoms with Crippen molar-refractivity contribution in [2.75, 3.05) is 0 Å². The number of aliphatic hydroxyl groups excluding tert-OH is 1. The number of halogens is 3. The SMILES string of the molecule is CC1(C)Cc2nc(C3CCC3)c3c(c2C(O)C1)C1(CCCC1)OC3c1ccc(C(F)(F)F)cc1. The molecular weight excluding hydrogens is 439 g/mol. The monoisotopic (exact) mass is 471 g/mol. The third-order valence-corrected chi connectivity index (χ3v) is 8.61. The highest BCUT2D eigenvalue weighted by molar-refractivity contribution is 5.55. The molecule has 182 valence electrons. The molecule has 0 bridgehead atoms. The molecule has 2 heterocycles. The number of ether oxygens (including phenoxy) is 1. The molecule has 2 unspecified atom stereocenters. The first-order valence-corrected chi connectivity index (χ1v) is 12.7. The molecule has 0 amide bonds. The number of hydrogen-bond acceptors (Lipinski definition) is 3. The van der Waals surface area contributed by atoms with Crippen molar-refractivity contribution in [3.63, 3.8) is 0 Å². The predicted molar refractivity (Wildman–Crippen MR) is 122 cm³/mol. The van der Waals surface area contributed by atoms with Crippen LogP contribution in [0, 0.1) is 5.41 Å². The number of benzene rings is 1. The van der Waals surface area contributed by atoms with Crippen molar-refractivity contribution in [3.8, 4) is 0 Å². The van der Waals surface area contributed by atoms with Gasteiger partial charge in [0.25, 0.3) is 0 Å². The van der Waals surface area contributed by atoms with Crippen LogP contribution in [-0.2, 0) is 22.9 Å². The maximum Gasteiger partial charge on any atom is 0.416 e. The van der Waals surface area contributed by atoms with E-state index in [1.165, 1.54) is 6.42 Å². The molecule has 1 aromatic carbocycles. The van der Waals surface area contributed by atoms with Gasteiger partial charge < -0.3 is 9.84 Å². The van der Waals surface area contributed by atoms with E-state index in [1.54, 1.807) is 12.1 Å². The number of pyridine rings is 1. The summed E-state index contributed by atoms with van der Waals surface area (Å²) in [5.41, 5.74) is 4.79. The number of nitrogens with zero attached hydrogens (tertiary/aromatic N) is 1. The molecule has 34 heavy (non-hydrogen) atoms. The van der Waals surface area contributed by atoms with Crippen LogP contribution in [0.1, 0.15) is 123 Å². The summed E-state index contributed by atoms with van der Waals surface area (Å²) >= 11 is 0.